The molecule has 3 aromatic rings. The Labute approximate surface area is 184 Å². The van der Waals surface area contributed by atoms with Crippen LogP contribution < -0.4 is 15.5 Å². The SMILES string of the molecule is CC(=O)Nc1ccc(C2=C(Nc3ccccc3C)C(=O)N(c3cccc(F)c3)C2=O)cc1. The maximum absolute atomic E-state index is 13.8. The Bertz CT molecular complexity index is 1270. The van der Waals surface area contributed by atoms with E-state index in [1.54, 1.807) is 24.3 Å². The van der Waals surface area contributed by atoms with Crippen LogP contribution in [0.15, 0.2) is 78.5 Å². The lowest BCUT2D eigenvalue weighted by atomic mass is 10.0. The van der Waals surface area contributed by atoms with Crippen molar-refractivity contribution in [2.75, 3.05) is 15.5 Å². The van der Waals surface area contributed by atoms with Crippen molar-refractivity contribution in [3.05, 3.63) is 95.4 Å². The molecule has 7 heteroatoms. The summed E-state index contributed by atoms with van der Waals surface area (Å²) in [6.45, 7) is 3.28. The quantitative estimate of drug-likeness (QED) is 0.586. The number of anilines is 3. The van der Waals surface area contributed by atoms with Crippen LogP contribution in [0.1, 0.15) is 18.1 Å². The first-order valence-corrected chi connectivity index (χ1v) is 9.94. The predicted octanol–water partition coefficient (Wildman–Crippen LogP) is 4.49. The Kier molecular flexibility index (Phi) is 5.55. The lowest BCUT2D eigenvalue weighted by Gasteiger charge is -2.15. The average molecular weight is 429 g/mol. The maximum Gasteiger partial charge on any atom is 0.282 e. The zero-order valence-electron chi connectivity index (χ0n) is 17.5. The molecule has 0 bridgehead atoms. The number of nitrogens with zero attached hydrogens (tertiary/aromatic N) is 1. The second-order valence-corrected chi connectivity index (χ2v) is 7.37. The molecule has 1 aliphatic rings. The standard InChI is InChI=1S/C25H20FN3O3/c1-15-6-3-4-9-21(15)28-23-22(17-10-12-19(13-11-17)27-16(2)30)24(31)29(25(23)32)20-8-5-7-18(26)14-20/h3-14,28H,1-2H3,(H,27,30). The van der Waals surface area contributed by atoms with Crippen molar-refractivity contribution in [3.63, 3.8) is 0 Å². The number of para-hydroxylation sites is 1. The largest absolute Gasteiger partial charge is 0.350 e. The van der Waals surface area contributed by atoms with Crippen molar-refractivity contribution < 1.29 is 18.8 Å². The van der Waals surface area contributed by atoms with Crippen molar-refractivity contribution in [1.29, 1.82) is 0 Å². The Morgan fingerprint density at radius 2 is 1.62 bits per heavy atom. The van der Waals surface area contributed by atoms with Gasteiger partial charge in [-0.3, -0.25) is 14.4 Å². The Morgan fingerprint density at radius 3 is 2.28 bits per heavy atom. The number of hydrogen-bond donors (Lipinski definition) is 2. The van der Waals surface area contributed by atoms with E-state index < -0.39 is 17.6 Å². The highest BCUT2D eigenvalue weighted by molar-refractivity contribution is 6.46. The first-order chi connectivity index (χ1) is 15.3. The van der Waals surface area contributed by atoms with Gasteiger partial charge in [-0.05, 0) is 54.4 Å². The molecule has 2 N–H and O–H groups in total. The molecule has 1 heterocycles. The fraction of sp³-hybridized carbons (Fsp3) is 0.0800. The summed E-state index contributed by atoms with van der Waals surface area (Å²) < 4.78 is 13.8. The lowest BCUT2D eigenvalue weighted by Crippen LogP contribution is -2.32. The van der Waals surface area contributed by atoms with Gasteiger partial charge in [0.1, 0.15) is 11.5 Å². The number of aryl methyl sites for hydroxylation is 1. The summed E-state index contributed by atoms with van der Waals surface area (Å²) in [5.74, 6) is -1.92. The van der Waals surface area contributed by atoms with Crippen LogP contribution in [0.5, 0.6) is 0 Å². The monoisotopic (exact) mass is 429 g/mol. The number of halogens is 1. The van der Waals surface area contributed by atoms with E-state index in [0.717, 1.165) is 16.5 Å². The number of carbonyl (C=O) groups excluding carboxylic acids is 3. The smallest absolute Gasteiger partial charge is 0.282 e. The third-order valence-corrected chi connectivity index (χ3v) is 5.05. The van der Waals surface area contributed by atoms with E-state index in [-0.39, 0.29) is 22.9 Å². The number of nitrogens with one attached hydrogen (secondary N) is 2. The molecule has 0 aliphatic carbocycles. The van der Waals surface area contributed by atoms with Crippen LogP contribution in [0.25, 0.3) is 5.57 Å². The van der Waals surface area contributed by atoms with Crippen LogP contribution >= 0.6 is 0 Å². The molecule has 0 saturated carbocycles. The molecule has 0 fully saturated rings. The van der Waals surface area contributed by atoms with Crippen LogP contribution in [0.2, 0.25) is 0 Å². The van der Waals surface area contributed by atoms with Gasteiger partial charge in [-0.25, -0.2) is 9.29 Å². The summed E-state index contributed by atoms with van der Waals surface area (Å²) in [6, 6.07) is 19.3. The van der Waals surface area contributed by atoms with Gasteiger partial charge in [0.05, 0.1) is 11.3 Å². The van der Waals surface area contributed by atoms with E-state index >= 15 is 0 Å². The van der Waals surface area contributed by atoms with E-state index in [4.69, 9.17) is 0 Å². The van der Waals surface area contributed by atoms with Crippen molar-refractivity contribution in [1.82, 2.24) is 0 Å². The van der Waals surface area contributed by atoms with Crippen LogP contribution in [0, 0.1) is 12.7 Å². The van der Waals surface area contributed by atoms with Crippen LogP contribution in [0.3, 0.4) is 0 Å². The van der Waals surface area contributed by atoms with Crippen molar-refractivity contribution in [2.45, 2.75) is 13.8 Å². The zero-order valence-corrected chi connectivity index (χ0v) is 17.5. The lowest BCUT2D eigenvalue weighted by molar-refractivity contribution is -0.120. The van der Waals surface area contributed by atoms with E-state index in [0.29, 0.717) is 16.9 Å². The van der Waals surface area contributed by atoms with Gasteiger partial charge in [0.25, 0.3) is 11.8 Å². The highest BCUT2D eigenvalue weighted by Crippen LogP contribution is 2.34. The van der Waals surface area contributed by atoms with Gasteiger partial charge in [-0.1, -0.05) is 36.4 Å². The second kappa shape index (κ2) is 8.47. The van der Waals surface area contributed by atoms with Crippen LogP contribution in [0.4, 0.5) is 21.5 Å². The molecule has 0 unspecified atom stereocenters. The highest BCUT2D eigenvalue weighted by Gasteiger charge is 2.40. The molecule has 0 radical (unpaired) electrons. The first kappa shape index (κ1) is 21.0. The van der Waals surface area contributed by atoms with Gasteiger partial charge in [-0.2, -0.15) is 0 Å². The Hall–Kier alpha value is -4.26. The number of amides is 3. The zero-order chi connectivity index (χ0) is 22.8. The second-order valence-electron chi connectivity index (χ2n) is 7.37. The molecule has 1 aliphatic heterocycles. The fourth-order valence-electron chi connectivity index (χ4n) is 3.53. The van der Waals surface area contributed by atoms with Crippen molar-refractivity contribution >= 4 is 40.4 Å². The minimum Gasteiger partial charge on any atom is -0.350 e. The molecule has 3 aromatic carbocycles. The summed E-state index contributed by atoms with van der Waals surface area (Å²) in [6.07, 6.45) is 0. The highest BCUT2D eigenvalue weighted by atomic mass is 19.1. The normalized spacial score (nSPS) is 13.5. The number of imide groups is 1. The van der Waals surface area contributed by atoms with Gasteiger partial charge < -0.3 is 10.6 Å². The maximum atomic E-state index is 13.8. The topological polar surface area (TPSA) is 78.5 Å². The minimum absolute atomic E-state index is 0.0980. The summed E-state index contributed by atoms with van der Waals surface area (Å²) in [7, 11) is 0. The molecule has 0 atom stereocenters. The fourth-order valence-corrected chi connectivity index (χ4v) is 3.53. The van der Waals surface area contributed by atoms with Gasteiger partial charge in [0.15, 0.2) is 0 Å². The van der Waals surface area contributed by atoms with E-state index in [9.17, 15) is 18.8 Å². The molecule has 0 aromatic heterocycles. The summed E-state index contributed by atoms with van der Waals surface area (Å²) >= 11 is 0. The molecular weight excluding hydrogens is 409 g/mol. The minimum atomic E-state index is -0.579. The summed E-state index contributed by atoms with van der Waals surface area (Å²) in [4.78, 5) is 39.0. The Balaban J connectivity index is 1.81. The average Bonchev–Trinajstić information content (AvgIpc) is 2.99. The van der Waals surface area contributed by atoms with Gasteiger partial charge >= 0.3 is 0 Å². The summed E-state index contributed by atoms with van der Waals surface area (Å²) in [5, 5.41) is 5.77. The van der Waals surface area contributed by atoms with Gasteiger partial charge in [0, 0.05) is 18.3 Å². The van der Waals surface area contributed by atoms with E-state index in [1.165, 1.54) is 25.1 Å². The van der Waals surface area contributed by atoms with E-state index in [2.05, 4.69) is 10.6 Å². The molecule has 160 valence electrons. The Morgan fingerprint density at radius 1 is 0.906 bits per heavy atom. The molecular formula is C25H20FN3O3. The molecule has 0 saturated heterocycles. The van der Waals surface area contributed by atoms with Gasteiger partial charge in [-0.15, -0.1) is 0 Å². The van der Waals surface area contributed by atoms with Crippen molar-refractivity contribution in [2.24, 2.45) is 0 Å². The summed E-state index contributed by atoms with van der Waals surface area (Å²) in [5.41, 5.74) is 3.04. The number of hydrogen-bond acceptors (Lipinski definition) is 4. The van der Waals surface area contributed by atoms with Gasteiger partial charge in [0.2, 0.25) is 5.91 Å². The molecule has 0 spiro atoms. The van der Waals surface area contributed by atoms with Crippen LogP contribution in [-0.4, -0.2) is 17.7 Å². The number of rotatable bonds is 5. The third-order valence-electron chi connectivity index (χ3n) is 5.05. The molecule has 32 heavy (non-hydrogen) atoms. The number of carbonyl (C=O) groups is 3. The third kappa shape index (κ3) is 4.00. The molecule has 6 nitrogen and oxygen atoms in total. The predicted molar refractivity (Wildman–Crippen MR) is 121 cm³/mol. The molecule has 4 rings (SSSR count). The van der Waals surface area contributed by atoms with E-state index in [1.807, 2.05) is 31.2 Å². The first-order valence-electron chi connectivity index (χ1n) is 9.94. The number of benzene rings is 3. The van der Waals surface area contributed by atoms with Crippen molar-refractivity contribution in [3.8, 4) is 0 Å². The van der Waals surface area contributed by atoms with Crippen LogP contribution in [-0.2, 0) is 14.4 Å². The molecule has 3 amide bonds.